The van der Waals surface area contributed by atoms with E-state index in [2.05, 4.69) is 4.90 Å². The lowest BCUT2D eigenvalue weighted by molar-refractivity contribution is -0.142. The number of carbonyl (C=O) groups excluding carboxylic acids is 1. The van der Waals surface area contributed by atoms with Crippen molar-refractivity contribution < 1.29 is 14.3 Å². The quantitative estimate of drug-likeness (QED) is 0.739. The molecule has 2 fully saturated rings. The van der Waals surface area contributed by atoms with Crippen LogP contribution in [0.15, 0.2) is 0 Å². The van der Waals surface area contributed by atoms with Gasteiger partial charge in [0.05, 0.1) is 25.9 Å². The number of nitrogens with zero attached hydrogens (tertiary/aromatic N) is 2. The van der Waals surface area contributed by atoms with Crippen molar-refractivity contribution in [2.75, 3.05) is 53.1 Å². The molecule has 5 nitrogen and oxygen atoms in total. The average molecular weight is 270 g/mol. The smallest absolute Gasteiger partial charge is 0.224 e. The number of morpholine rings is 1. The number of carbonyl (C=O) groups is 1. The van der Waals surface area contributed by atoms with Gasteiger partial charge in [-0.3, -0.25) is 4.79 Å². The third-order valence-electron chi connectivity index (χ3n) is 4.00. The summed E-state index contributed by atoms with van der Waals surface area (Å²) in [4.78, 5) is 16.7. The van der Waals surface area contributed by atoms with Crippen LogP contribution in [0.1, 0.15) is 25.7 Å². The fourth-order valence-electron chi connectivity index (χ4n) is 2.89. The van der Waals surface area contributed by atoms with Crippen LogP contribution in [0.2, 0.25) is 0 Å². The van der Waals surface area contributed by atoms with Gasteiger partial charge in [-0.15, -0.1) is 0 Å². The monoisotopic (exact) mass is 270 g/mol. The standard InChI is InChI=1S/C14H26N2O3/c1-18-11-13-12-19-10-9-16(13)14(17)5-8-15-6-3-2-4-7-15/h13H,2-12H2,1H3. The highest BCUT2D eigenvalue weighted by molar-refractivity contribution is 5.76. The molecular weight excluding hydrogens is 244 g/mol. The Hall–Kier alpha value is -0.650. The molecular formula is C14H26N2O3. The second-order valence-corrected chi connectivity index (χ2v) is 5.42. The molecule has 1 atom stereocenters. The van der Waals surface area contributed by atoms with E-state index in [0.717, 1.165) is 19.6 Å². The fourth-order valence-corrected chi connectivity index (χ4v) is 2.89. The number of hydrogen-bond donors (Lipinski definition) is 0. The van der Waals surface area contributed by atoms with Crippen molar-refractivity contribution in [2.45, 2.75) is 31.7 Å². The van der Waals surface area contributed by atoms with Crippen LogP contribution >= 0.6 is 0 Å². The molecule has 0 N–H and O–H groups in total. The zero-order valence-electron chi connectivity index (χ0n) is 12.0. The largest absolute Gasteiger partial charge is 0.382 e. The van der Waals surface area contributed by atoms with Crippen molar-refractivity contribution in [3.05, 3.63) is 0 Å². The number of ether oxygens (including phenoxy) is 2. The summed E-state index contributed by atoms with van der Waals surface area (Å²) in [5, 5.41) is 0. The first-order valence-corrected chi connectivity index (χ1v) is 7.40. The minimum atomic E-state index is 0.0904. The number of hydrogen-bond acceptors (Lipinski definition) is 4. The molecule has 0 aromatic carbocycles. The Labute approximate surface area is 115 Å². The minimum Gasteiger partial charge on any atom is -0.382 e. The summed E-state index contributed by atoms with van der Waals surface area (Å²) < 4.78 is 10.6. The first-order valence-electron chi connectivity index (χ1n) is 7.40. The topological polar surface area (TPSA) is 42.0 Å². The lowest BCUT2D eigenvalue weighted by Gasteiger charge is -2.36. The maximum atomic E-state index is 12.3. The van der Waals surface area contributed by atoms with Gasteiger partial charge >= 0.3 is 0 Å². The summed E-state index contributed by atoms with van der Waals surface area (Å²) in [6.45, 7) is 5.72. The Balaban J connectivity index is 1.76. The highest BCUT2D eigenvalue weighted by atomic mass is 16.5. The molecule has 0 spiro atoms. The van der Waals surface area contributed by atoms with Gasteiger partial charge in [-0.1, -0.05) is 6.42 Å². The Bertz CT molecular complexity index is 278. The summed E-state index contributed by atoms with van der Waals surface area (Å²) in [7, 11) is 1.67. The van der Waals surface area contributed by atoms with E-state index in [4.69, 9.17) is 9.47 Å². The molecule has 2 heterocycles. The van der Waals surface area contributed by atoms with Gasteiger partial charge in [0, 0.05) is 26.6 Å². The van der Waals surface area contributed by atoms with Crippen LogP contribution in [-0.4, -0.2) is 74.9 Å². The van der Waals surface area contributed by atoms with Crippen LogP contribution in [0, 0.1) is 0 Å². The molecule has 5 heteroatoms. The first-order chi connectivity index (χ1) is 9.31. The number of rotatable bonds is 5. The Morgan fingerprint density at radius 3 is 2.79 bits per heavy atom. The van der Waals surface area contributed by atoms with Gasteiger partial charge < -0.3 is 19.3 Å². The number of amides is 1. The van der Waals surface area contributed by atoms with Crippen molar-refractivity contribution in [3.8, 4) is 0 Å². The van der Waals surface area contributed by atoms with Crippen LogP contribution in [-0.2, 0) is 14.3 Å². The highest BCUT2D eigenvalue weighted by Gasteiger charge is 2.27. The van der Waals surface area contributed by atoms with E-state index in [-0.39, 0.29) is 11.9 Å². The highest BCUT2D eigenvalue weighted by Crippen LogP contribution is 2.12. The van der Waals surface area contributed by atoms with Crippen LogP contribution in [0.3, 0.4) is 0 Å². The molecule has 0 radical (unpaired) electrons. The molecule has 2 rings (SSSR count). The maximum absolute atomic E-state index is 12.3. The number of piperidine rings is 1. The minimum absolute atomic E-state index is 0.0904. The molecule has 0 bridgehead atoms. The lowest BCUT2D eigenvalue weighted by atomic mass is 10.1. The van der Waals surface area contributed by atoms with Crippen LogP contribution in [0.5, 0.6) is 0 Å². The van der Waals surface area contributed by atoms with Crippen LogP contribution in [0.4, 0.5) is 0 Å². The lowest BCUT2D eigenvalue weighted by Crippen LogP contribution is -2.51. The Morgan fingerprint density at radius 1 is 1.26 bits per heavy atom. The molecule has 1 unspecified atom stereocenters. The summed E-state index contributed by atoms with van der Waals surface area (Å²) in [6, 6.07) is 0.0904. The van der Waals surface area contributed by atoms with Gasteiger partial charge in [-0.2, -0.15) is 0 Å². The number of likely N-dealkylation sites (tertiary alicyclic amines) is 1. The van der Waals surface area contributed by atoms with E-state index < -0.39 is 0 Å². The zero-order chi connectivity index (χ0) is 13.5. The average Bonchev–Trinajstić information content (AvgIpc) is 2.47. The second kappa shape index (κ2) is 7.82. The van der Waals surface area contributed by atoms with Gasteiger partial charge in [0.2, 0.25) is 5.91 Å². The first kappa shape index (κ1) is 14.8. The van der Waals surface area contributed by atoms with Gasteiger partial charge in [0.25, 0.3) is 0 Å². The molecule has 0 saturated carbocycles. The molecule has 110 valence electrons. The summed E-state index contributed by atoms with van der Waals surface area (Å²) in [5.41, 5.74) is 0. The molecule has 2 saturated heterocycles. The third-order valence-corrected chi connectivity index (χ3v) is 4.00. The summed E-state index contributed by atoms with van der Waals surface area (Å²) in [6.07, 6.45) is 4.51. The third kappa shape index (κ3) is 4.44. The van der Waals surface area contributed by atoms with Gasteiger partial charge in [-0.25, -0.2) is 0 Å². The maximum Gasteiger partial charge on any atom is 0.224 e. The van der Waals surface area contributed by atoms with E-state index in [1.807, 2.05) is 4.90 Å². The molecule has 2 aliphatic rings. The van der Waals surface area contributed by atoms with E-state index in [0.29, 0.717) is 32.8 Å². The van der Waals surface area contributed by atoms with Gasteiger partial charge in [0.15, 0.2) is 0 Å². The van der Waals surface area contributed by atoms with Crippen molar-refractivity contribution >= 4 is 5.91 Å². The van der Waals surface area contributed by atoms with E-state index in [1.54, 1.807) is 7.11 Å². The molecule has 0 aromatic heterocycles. The van der Waals surface area contributed by atoms with Crippen molar-refractivity contribution in [1.29, 1.82) is 0 Å². The zero-order valence-corrected chi connectivity index (χ0v) is 12.0. The molecule has 2 aliphatic heterocycles. The van der Waals surface area contributed by atoms with Crippen LogP contribution < -0.4 is 0 Å². The van der Waals surface area contributed by atoms with Crippen LogP contribution in [0.25, 0.3) is 0 Å². The van der Waals surface area contributed by atoms with E-state index >= 15 is 0 Å². The summed E-state index contributed by atoms with van der Waals surface area (Å²) in [5.74, 6) is 0.246. The predicted octanol–water partition coefficient (Wildman–Crippen LogP) is 0.736. The van der Waals surface area contributed by atoms with Gasteiger partial charge in [0.1, 0.15) is 0 Å². The Kier molecular flexibility index (Phi) is 6.07. The molecule has 0 aromatic rings. The SMILES string of the molecule is COCC1COCCN1C(=O)CCN1CCCCC1. The second-order valence-electron chi connectivity index (χ2n) is 5.42. The summed E-state index contributed by atoms with van der Waals surface area (Å²) >= 11 is 0. The molecule has 0 aliphatic carbocycles. The van der Waals surface area contributed by atoms with Crippen molar-refractivity contribution in [2.24, 2.45) is 0 Å². The fraction of sp³-hybridized carbons (Fsp3) is 0.929. The number of methoxy groups -OCH3 is 1. The van der Waals surface area contributed by atoms with Gasteiger partial charge in [-0.05, 0) is 25.9 Å². The Morgan fingerprint density at radius 2 is 2.05 bits per heavy atom. The van der Waals surface area contributed by atoms with Crippen molar-refractivity contribution in [1.82, 2.24) is 9.80 Å². The van der Waals surface area contributed by atoms with Crippen molar-refractivity contribution in [3.63, 3.8) is 0 Å². The van der Waals surface area contributed by atoms with E-state index in [9.17, 15) is 4.79 Å². The predicted molar refractivity (Wildman–Crippen MR) is 73.1 cm³/mol. The van der Waals surface area contributed by atoms with E-state index in [1.165, 1.54) is 19.3 Å². The molecule has 19 heavy (non-hydrogen) atoms. The normalized spacial score (nSPS) is 25.5. The molecule has 1 amide bonds.